The van der Waals surface area contributed by atoms with Gasteiger partial charge in [0.2, 0.25) is 0 Å². The number of pyridine rings is 1. The van der Waals surface area contributed by atoms with Crippen molar-refractivity contribution in [2.45, 2.75) is 26.1 Å². The van der Waals surface area contributed by atoms with E-state index in [4.69, 9.17) is 5.84 Å². The second-order valence-electron chi connectivity index (χ2n) is 3.98. The van der Waals surface area contributed by atoms with Crippen LogP contribution in [-0.2, 0) is 6.54 Å². The summed E-state index contributed by atoms with van der Waals surface area (Å²) < 4.78 is 37.1. The fourth-order valence-corrected chi connectivity index (χ4v) is 1.66. The van der Waals surface area contributed by atoms with E-state index in [1.54, 1.807) is 18.2 Å². The van der Waals surface area contributed by atoms with Crippen LogP contribution < -0.4 is 11.3 Å². The van der Waals surface area contributed by atoms with E-state index in [2.05, 4.69) is 10.4 Å². The summed E-state index contributed by atoms with van der Waals surface area (Å²) in [7, 11) is 0. The zero-order valence-electron chi connectivity index (χ0n) is 10.2. The molecule has 1 aromatic heterocycles. The Balaban J connectivity index is 2.69. The number of anilines is 1. The number of rotatable bonds is 6. The fraction of sp³-hybridized carbons (Fsp3) is 0.545. The van der Waals surface area contributed by atoms with Gasteiger partial charge in [0, 0.05) is 6.54 Å². The van der Waals surface area contributed by atoms with Gasteiger partial charge in [-0.25, -0.2) is 10.8 Å². The topological polar surface area (TPSA) is 54.2 Å². The molecule has 0 bridgehead atoms. The molecule has 0 saturated heterocycles. The average molecular weight is 262 g/mol. The van der Waals surface area contributed by atoms with Crippen molar-refractivity contribution in [1.29, 1.82) is 0 Å². The van der Waals surface area contributed by atoms with E-state index in [0.717, 1.165) is 0 Å². The SMILES string of the molecule is CCCN(Cc1cccc(NN)n1)CC(F)(F)F. The van der Waals surface area contributed by atoms with E-state index in [1.165, 1.54) is 4.90 Å². The Bertz CT molecular complexity index is 368. The first-order chi connectivity index (χ1) is 8.44. The highest BCUT2D eigenvalue weighted by atomic mass is 19.4. The van der Waals surface area contributed by atoms with Crippen molar-refractivity contribution in [2.75, 3.05) is 18.5 Å². The van der Waals surface area contributed by atoms with Crippen LogP contribution in [-0.4, -0.2) is 29.1 Å². The lowest BCUT2D eigenvalue weighted by atomic mass is 10.3. The molecule has 0 fully saturated rings. The Kier molecular flexibility index (Phi) is 5.36. The molecule has 18 heavy (non-hydrogen) atoms. The Labute approximate surface area is 104 Å². The molecule has 0 atom stereocenters. The van der Waals surface area contributed by atoms with E-state index < -0.39 is 12.7 Å². The van der Waals surface area contributed by atoms with Gasteiger partial charge in [0.25, 0.3) is 0 Å². The Hall–Kier alpha value is -1.34. The number of nitrogen functional groups attached to an aromatic ring is 1. The largest absolute Gasteiger partial charge is 0.401 e. The van der Waals surface area contributed by atoms with Crippen molar-refractivity contribution in [1.82, 2.24) is 9.88 Å². The molecule has 3 N–H and O–H groups in total. The lowest BCUT2D eigenvalue weighted by Crippen LogP contribution is -2.34. The minimum absolute atomic E-state index is 0.156. The summed E-state index contributed by atoms with van der Waals surface area (Å²) in [6, 6.07) is 5.03. The molecule has 0 saturated carbocycles. The minimum atomic E-state index is -4.20. The number of alkyl halides is 3. The van der Waals surface area contributed by atoms with Crippen LogP contribution in [0, 0.1) is 0 Å². The number of nitrogens with zero attached hydrogens (tertiary/aromatic N) is 2. The minimum Gasteiger partial charge on any atom is -0.308 e. The number of aromatic nitrogens is 1. The van der Waals surface area contributed by atoms with Crippen molar-refractivity contribution in [3.8, 4) is 0 Å². The van der Waals surface area contributed by atoms with Crippen LogP contribution in [0.3, 0.4) is 0 Å². The maximum atomic E-state index is 12.4. The van der Waals surface area contributed by atoms with Gasteiger partial charge in [-0.05, 0) is 25.1 Å². The summed E-state index contributed by atoms with van der Waals surface area (Å²) in [5, 5.41) is 0. The molecule has 0 unspecified atom stereocenters. The fourth-order valence-electron chi connectivity index (χ4n) is 1.66. The van der Waals surface area contributed by atoms with Crippen molar-refractivity contribution in [3.05, 3.63) is 23.9 Å². The van der Waals surface area contributed by atoms with Crippen LogP contribution in [0.4, 0.5) is 19.0 Å². The predicted octanol–water partition coefficient (Wildman–Crippen LogP) is 2.14. The van der Waals surface area contributed by atoms with E-state index >= 15 is 0 Å². The van der Waals surface area contributed by atoms with E-state index in [1.807, 2.05) is 6.92 Å². The number of hydrogen-bond donors (Lipinski definition) is 2. The first-order valence-corrected chi connectivity index (χ1v) is 5.66. The number of nitrogens with two attached hydrogens (primary N) is 1. The second-order valence-corrected chi connectivity index (χ2v) is 3.98. The van der Waals surface area contributed by atoms with Crippen LogP contribution in [0.5, 0.6) is 0 Å². The maximum Gasteiger partial charge on any atom is 0.401 e. The summed E-state index contributed by atoms with van der Waals surface area (Å²) in [4.78, 5) is 5.42. The van der Waals surface area contributed by atoms with Crippen LogP contribution in [0.25, 0.3) is 0 Å². The molecule has 0 aromatic carbocycles. The molecule has 102 valence electrons. The van der Waals surface area contributed by atoms with Crippen molar-refractivity contribution in [3.63, 3.8) is 0 Å². The summed E-state index contributed by atoms with van der Waals surface area (Å²) in [5.41, 5.74) is 2.93. The maximum absolute atomic E-state index is 12.4. The average Bonchev–Trinajstić information content (AvgIpc) is 2.27. The van der Waals surface area contributed by atoms with Crippen molar-refractivity contribution in [2.24, 2.45) is 5.84 Å². The molecule has 0 aliphatic heterocycles. The smallest absolute Gasteiger partial charge is 0.308 e. The first-order valence-electron chi connectivity index (χ1n) is 5.66. The number of hydrazine groups is 1. The van der Waals surface area contributed by atoms with Gasteiger partial charge in [0.05, 0.1) is 12.2 Å². The third-order valence-electron chi connectivity index (χ3n) is 2.28. The molecule has 0 aliphatic rings. The third-order valence-corrected chi connectivity index (χ3v) is 2.28. The van der Waals surface area contributed by atoms with Gasteiger partial charge < -0.3 is 5.43 Å². The highest BCUT2D eigenvalue weighted by molar-refractivity contribution is 5.33. The van der Waals surface area contributed by atoms with Gasteiger partial charge in [-0.2, -0.15) is 13.2 Å². The predicted molar refractivity (Wildman–Crippen MR) is 63.7 cm³/mol. The third kappa shape index (κ3) is 5.33. The molecular weight excluding hydrogens is 245 g/mol. The molecule has 1 rings (SSSR count). The van der Waals surface area contributed by atoms with Crippen molar-refractivity contribution < 1.29 is 13.2 Å². The summed E-state index contributed by atoms with van der Waals surface area (Å²) in [6.45, 7) is 1.45. The van der Waals surface area contributed by atoms with Gasteiger partial charge in [-0.3, -0.25) is 4.90 Å². The Morgan fingerprint density at radius 1 is 1.39 bits per heavy atom. The molecule has 1 heterocycles. The lowest BCUT2D eigenvalue weighted by molar-refractivity contribution is -0.147. The highest BCUT2D eigenvalue weighted by Gasteiger charge is 2.30. The number of nitrogens with one attached hydrogen (secondary N) is 1. The molecule has 0 amide bonds. The lowest BCUT2D eigenvalue weighted by Gasteiger charge is -2.22. The van der Waals surface area contributed by atoms with E-state index in [0.29, 0.717) is 24.5 Å². The van der Waals surface area contributed by atoms with Crippen LogP contribution in [0.2, 0.25) is 0 Å². The molecule has 4 nitrogen and oxygen atoms in total. The standard InChI is InChI=1S/C11H17F3N4/c1-2-6-18(8-11(12,13)14)7-9-4-3-5-10(16-9)17-15/h3-5H,2,6-8,15H2,1H3,(H,16,17). The number of halogens is 3. The van der Waals surface area contributed by atoms with Crippen LogP contribution in [0.15, 0.2) is 18.2 Å². The summed E-state index contributed by atoms with van der Waals surface area (Å²) in [5.74, 6) is 5.64. The van der Waals surface area contributed by atoms with Crippen molar-refractivity contribution >= 4 is 5.82 Å². The van der Waals surface area contributed by atoms with Gasteiger partial charge in [0.15, 0.2) is 0 Å². The molecule has 1 aromatic rings. The van der Waals surface area contributed by atoms with E-state index in [9.17, 15) is 13.2 Å². The summed E-state index contributed by atoms with van der Waals surface area (Å²) in [6.07, 6.45) is -3.54. The molecule has 0 spiro atoms. The number of hydrogen-bond acceptors (Lipinski definition) is 4. The highest BCUT2D eigenvalue weighted by Crippen LogP contribution is 2.18. The van der Waals surface area contributed by atoms with E-state index in [-0.39, 0.29) is 6.54 Å². The zero-order valence-corrected chi connectivity index (χ0v) is 10.2. The zero-order chi connectivity index (χ0) is 13.6. The Morgan fingerprint density at radius 3 is 2.67 bits per heavy atom. The second kappa shape index (κ2) is 6.55. The Morgan fingerprint density at radius 2 is 2.11 bits per heavy atom. The van der Waals surface area contributed by atoms with Gasteiger partial charge in [-0.1, -0.05) is 13.0 Å². The summed E-state index contributed by atoms with van der Waals surface area (Å²) >= 11 is 0. The molecule has 0 aliphatic carbocycles. The van der Waals surface area contributed by atoms with Crippen LogP contribution >= 0.6 is 0 Å². The monoisotopic (exact) mass is 262 g/mol. The quantitative estimate of drug-likeness (QED) is 0.609. The van der Waals surface area contributed by atoms with Gasteiger partial charge in [0.1, 0.15) is 5.82 Å². The normalized spacial score (nSPS) is 11.9. The first kappa shape index (κ1) is 14.7. The molecular formula is C11H17F3N4. The van der Waals surface area contributed by atoms with Gasteiger partial charge >= 0.3 is 6.18 Å². The molecule has 7 heteroatoms. The van der Waals surface area contributed by atoms with Gasteiger partial charge in [-0.15, -0.1) is 0 Å². The molecule has 0 radical (unpaired) electrons. The van der Waals surface area contributed by atoms with Crippen LogP contribution in [0.1, 0.15) is 19.0 Å².